The molecule has 1 aromatic carbocycles. The van der Waals surface area contributed by atoms with Gasteiger partial charge in [0, 0.05) is 30.2 Å². The third-order valence-electron chi connectivity index (χ3n) is 2.94. The lowest BCUT2D eigenvalue weighted by Crippen LogP contribution is -2.59. The molecular weight excluding hydrogens is 246 g/mol. The van der Waals surface area contributed by atoms with Crippen LogP contribution in [0.5, 0.6) is 0 Å². The molecule has 0 radical (unpaired) electrons. The number of aromatic nitrogens is 1. The molecule has 1 N–H and O–H groups in total. The van der Waals surface area contributed by atoms with Gasteiger partial charge in [-0.3, -0.25) is 4.79 Å². The molecule has 0 unspecified atom stereocenters. The molecule has 0 saturated carbocycles. The van der Waals surface area contributed by atoms with E-state index in [9.17, 15) is 4.79 Å². The quantitative estimate of drug-likeness (QED) is 0.913. The average Bonchev–Trinajstić information content (AvgIpc) is 2.87. The first kappa shape index (κ1) is 11.2. The van der Waals surface area contributed by atoms with E-state index in [1.807, 2.05) is 35.7 Å². The number of nitrogens with zero attached hydrogens (tertiary/aromatic N) is 2. The van der Waals surface area contributed by atoms with Gasteiger partial charge in [0.15, 0.2) is 5.13 Å². The topological polar surface area (TPSA) is 45.2 Å². The van der Waals surface area contributed by atoms with Gasteiger partial charge in [-0.1, -0.05) is 18.2 Å². The Hall–Kier alpha value is -1.88. The fourth-order valence-corrected chi connectivity index (χ4v) is 2.62. The number of nitrogens with one attached hydrogen (secondary N) is 1. The second-order valence-corrected chi connectivity index (χ2v) is 5.13. The molecule has 1 fully saturated rings. The minimum absolute atomic E-state index is 0.000566. The van der Waals surface area contributed by atoms with Crippen molar-refractivity contribution in [1.82, 2.24) is 10.3 Å². The van der Waals surface area contributed by atoms with E-state index in [-0.39, 0.29) is 11.9 Å². The van der Waals surface area contributed by atoms with Gasteiger partial charge in [-0.2, -0.15) is 0 Å². The van der Waals surface area contributed by atoms with E-state index in [0.29, 0.717) is 5.56 Å². The molecule has 0 spiro atoms. The van der Waals surface area contributed by atoms with Crippen molar-refractivity contribution >= 4 is 22.4 Å². The molecule has 5 heteroatoms. The third-order valence-corrected chi connectivity index (χ3v) is 3.77. The second kappa shape index (κ2) is 4.78. The van der Waals surface area contributed by atoms with E-state index in [2.05, 4.69) is 15.2 Å². The highest BCUT2D eigenvalue weighted by Gasteiger charge is 2.29. The van der Waals surface area contributed by atoms with Crippen molar-refractivity contribution in [1.29, 1.82) is 0 Å². The predicted molar refractivity (Wildman–Crippen MR) is 72.0 cm³/mol. The predicted octanol–water partition coefficient (Wildman–Crippen LogP) is 1.76. The van der Waals surface area contributed by atoms with Gasteiger partial charge in [0.1, 0.15) is 0 Å². The van der Waals surface area contributed by atoms with Crippen LogP contribution in [0.25, 0.3) is 0 Å². The highest BCUT2D eigenvalue weighted by Crippen LogP contribution is 2.22. The zero-order chi connectivity index (χ0) is 12.4. The summed E-state index contributed by atoms with van der Waals surface area (Å²) in [7, 11) is 0. The first-order valence-electron chi connectivity index (χ1n) is 5.83. The van der Waals surface area contributed by atoms with Gasteiger partial charge in [-0.25, -0.2) is 4.98 Å². The highest BCUT2D eigenvalue weighted by molar-refractivity contribution is 7.13. The molecule has 1 saturated heterocycles. The number of benzene rings is 1. The van der Waals surface area contributed by atoms with Crippen molar-refractivity contribution in [2.45, 2.75) is 6.04 Å². The van der Waals surface area contributed by atoms with Crippen LogP contribution in [0.1, 0.15) is 10.4 Å². The van der Waals surface area contributed by atoms with Crippen LogP contribution in [0.15, 0.2) is 41.9 Å². The Labute approximate surface area is 109 Å². The summed E-state index contributed by atoms with van der Waals surface area (Å²) in [6.45, 7) is 1.68. The molecule has 92 valence electrons. The number of hydrogen-bond acceptors (Lipinski definition) is 4. The van der Waals surface area contributed by atoms with E-state index in [0.717, 1.165) is 18.2 Å². The lowest BCUT2D eigenvalue weighted by Gasteiger charge is -2.39. The van der Waals surface area contributed by atoms with Crippen LogP contribution < -0.4 is 10.2 Å². The van der Waals surface area contributed by atoms with E-state index in [4.69, 9.17) is 0 Å². The average molecular weight is 259 g/mol. The third kappa shape index (κ3) is 2.22. The Balaban J connectivity index is 1.53. The smallest absolute Gasteiger partial charge is 0.251 e. The van der Waals surface area contributed by atoms with Crippen LogP contribution in [0, 0.1) is 0 Å². The lowest BCUT2D eigenvalue weighted by atomic mass is 10.1. The fraction of sp³-hybridized carbons (Fsp3) is 0.231. The van der Waals surface area contributed by atoms with E-state index >= 15 is 0 Å². The first-order chi connectivity index (χ1) is 8.83. The van der Waals surface area contributed by atoms with Crippen LogP contribution in [-0.4, -0.2) is 30.0 Å². The lowest BCUT2D eigenvalue weighted by molar-refractivity contribution is 0.0930. The summed E-state index contributed by atoms with van der Waals surface area (Å²) in [5.41, 5.74) is 0.713. The van der Waals surface area contributed by atoms with Gasteiger partial charge in [0.2, 0.25) is 0 Å². The standard InChI is InChI=1S/C13H13N3OS/c17-12(10-4-2-1-3-5-10)15-11-8-16(9-11)13-14-6-7-18-13/h1-7,11H,8-9H2,(H,15,17). The molecule has 3 rings (SSSR count). The van der Waals surface area contributed by atoms with Crippen LogP contribution >= 0.6 is 11.3 Å². The zero-order valence-electron chi connectivity index (χ0n) is 9.74. The van der Waals surface area contributed by atoms with Crippen molar-refractivity contribution in [3.63, 3.8) is 0 Å². The Morgan fingerprint density at radius 3 is 2.78 bits per heavy atom. The minimum atomic E-state index is -0.000566. The summed E-state index contributed by atoms with van der Waals surface area (Å²) in [6.07, 6.45) is 1.80. The Morgan fingerprint density at radius 2 is 2.11 bits per heavy atom. The molecule has 0 atom stereocenters. The number of anilines is 1. The maximum Gasteiger partial charge on any atom is 0.251 e. The maximum absolute atomic E-state index is 11.9. The maximum atomic E-state index is 11.9. The van der Waals surface area contributed by atoms with E-state index in [1.165, 1.54) is 0 Å². The van der Waals surface area contributed by atoms with Crippen molar-refractivity contribution in [2.24, 2.45) is 0 Å². The van der Waals surface area contributed by atoms with Gasteiger partial charge >= 0.3 is 0 Å². The summed E-state index contributed by atoms with van der Waals surface area (Å²) >= 11 is 1.63. The number of carbonyl (C=O) groups excluding carboxylic acids is 1. The van der Waals surface area contributed by atoms with Gasteiger partial charge in [-0.15, -0.1) is 11.3 Å². The van der Waals surface area contributed by atoms with Crippen LogP contribution in [0.4, 0.5) is 5.13 Å². The molecule has 1 aliphatic heterocycles. The Bertz CT molecular complexity index is 520. The molecule has 1 aromatic heterocycles. The molecule has 4 nitrogen and oxygen atoms in total. The first-order valence-corrected chi connectivity index (χ1v) is 6.71. The normalized spacial score (nSPS) is 15.2. The molecule has 2 aromatic rings. The summed E-state index contributed by atoms with van der Waals surface area (Å²) in [5, 5.41) is 6.01. The SMILES string of the molecule is O=C(NC1CN(c2nccs2)C1)c1ccccc1. The van der Waals surface area contributed by atoms with Gasteiger partial charge in [-0.05, 0) is 12.1 Å². The monoisotopic (exact) mass is 259 g/mol. The van der Waals surface area contributed by atoms with Crippen molar-refractivity contribution in [3.8, 4) is 0 Å². The van der Waals surface area contributed by atoms with Crippen molar-refractivity contribution in [3.05, 3.63) is 47.5 Å². The fourth-order valence-electron chi connectivity index (χ4n) is 1.96. The largest absolute Gasteiger partial charge is 0.346 e. The molecule has 0 bridgehead atoms. The number of thiazole rings is 1. The molecular formula is C13H13N3OS. The molecule has 2 heterocycles. The molecule has 1 aliphatic rings. The summed E-state index contributed by atoms with van der Waals surface area (Å²) in [5.74, 6) is -0.000566. The Kier molecular flexibility index (Phi) is 2.98. The van der Waals surface area contributed by atoms with Gasteiger partial charge in [0.05, 0.1) is 6.04 Å². The Morgan fingerprint density at radius 1 is 1.33 bits per heavy atom. The molecule has 0 aliphatic carbocycles. The van der Waals surface area contributed by atoms with Crippen LogP contribution in [-0.2, 0) is 0 Å². The second-order valence-electron chi connectivity index (χ2n) is 4.26. The van der Waals surface area contributed by atoms with E-state index in [1.54, 1.807) is 17.5 Å². The van der Waals surface area contributed by atoms with E-state index < -0.39 is 0 Å². The number of rotatable bonds is 3. The molecule has 18 heavy (non-hydrogen) atoms. The van der Waals surface area contributed by atoms with Crippen LogP contribution in [0.3, 0.4) is 0 Å². The van der Waals surface area contributed by atoms with Crippen molar-refractivity contribution in [2.75, 3.05) is 18.0 Å². The summed E-state index contributed by atoms with van der Waals surface area (Å²) in [6, 6.07) is 9.53. The summed E-state index contributed by atoms with van der Waals surface area (Å²) in [4.78, 5) is 18.3. The van der Waals surface area contributed by atoms with Gasteiger partial charge < -0.3 is 10.2 Å². The number of amides is 1. The van der Waals surface area contributed by atoms with Crippen molar-refractivity contribution < 1.29 is 4.79 Å². The van der Waals surface area contributed by atoms with Crippen LogP contribution in [0.2, 0.25) is 0 Å². The summed E-state index contributed by atoms with van der Waals surface area (Å²) < 4.78 is 0. The number of hydrogen-bond donors (Lipinski definition) is 1. The number of carbonyl (C=O) groups is 1. The van der Waals surface area contributed by atoms with Gasteiger partial charge in [0.25, 0.3) is 5.91 Å². The highest BCUT2D eigenvalue weighted by atomic mass is 32.1. The zero-order valence-corrected chi connectivity index (χ0v) is 10.6. The molecule has 1 amide bonds. The minimum Gasteiger partial charge on any atom is -0.346 e.